The van der Waals surface area contributed by atoms with Crippen LogP contribution in [0.4, 0.5) is 0 Å². The second-order valence-corrected chi connectivity index (χ2v) is 6.32. The minimum absolute atomic E-state index is 0.0671. The van der Waals surface area contributed by atoms with E-state index in [1.807, 2.05) is 61.1 Å². The van der Waals surface area contributed by atoms with Gasteiger partial charge in [-0.25, -0.2) is 4.68 Å². The van der Waals surface area contributed by atoms with Gasteiger partial charge < -0.3 is 0 Å². The number of para-hydroxylation sites is 1. The van der Waals surface area contributed by atoms with Crippen LogP contribution in [0.15, 0.2) is 53.3 Å². The third-order valence-electron chi connectivity index (χ3n) is 3.99. The highest BCUT2D eigenvalue weighted by atomic mass is 35.5. The third kappa shape index (κ3) is 3.05. The molecule has 0 aliphatic carbocycles. The quantitative estimate of drug-likeness (QED) is 0.649. The first kappa shape index (κ1) is 16.6. The fourth-order valence-electron chi connectivity index (χ4n) is 2.59. The normalized spacial score (nSPS) is 11.3. The number of hydrogen-bond donors (Lipinski definition) is 0. The highest BCUT2D eigenvalue weighted by Gasteiger charge is 2.13. The molecule has 0 amide bonds. The molecule has 0 unspecified atom stereocenters. The first-order chi connectivity index (χ1) is 11.5. The molecule has 0 saturated heterocycles. The Balaban J connectivity index is 2.07. The maximum atomic E-state index is 12.8. The van der Waals surface area contributed by atoms with Gasteiger partial charge >= 0.3 is 0 Å². The molecule has 0 spiro atoms. The number of aromatic nitrogens is 2. The predicted molar refractivity (Wildman–Crippen MR) is 101 cm³/mol. The molecule has 2 aromatic carbocycles. The van der Waals surface area contributed by atoms with Crippen molar-refractivity contribution in [2.24, 2.45) is 7.05 Å². The lowest BCUT2D eigenvalue weighted by Crippen LogP contribution is -2.20. The largest absolute Gasteiger partial charge is 0.285 e. The minimum atomic E-state index is -0.0671. The first-order valence-electron chi connectivity index (χ1n) is 7.46. The third-order valence-corrected chi connectivity index (χ3v) is 4.55. The first-order valence-corrected chi connectivity index (χ1v) is 8.22. The number of nitrogens with zero attached hydrogens (tertiary/aromatic N) is 2. The summed E-state index contributed by atoms with van der Waals surface area (Å²) in [6.07, 6.45) is 3.63. The number of rotatable bonds is 3. The summed E-state index contributed by atoms with van der Waals surface area (Å²) in [5, 5.41) is 1.13. The Hall–Kier alpha value is -2.23. The SMILES string of the molecule is Cc1c(/C=C/c2ccc(Cl)cc2Cl)c(=O)n(-c2ccccc2)n1C. The zero-order valence-corrected chi connectivity index (χ0v) is 14.8. The van der Waals surface area contributed by atoms with Crippen LogP contribution in [0.5, 0.6) is 0 Å². The van der Waals surface area contributed by atoms with Gasteiger partial charge in [-0.3, -0.25) is 9.48 Å². The number of hydrogen-bond acceptors (Lipinski definition) is 1. The fraction of sp³-hybridized carbons (Fsp3) is 0.105. The molecule has 0 N–H and O–H groups in total. The van der Waals surface area contributed by atoms with E-state index in [1.165, 1.54) is 0 Å². The molecule has 24 heavy (non-hydrogen) atoms. The molecular formula is C19H16Cl2N2O. The van der Waals surface area contributed by atoms with Crippen molar-refractivity contribution in [3.05, 3.63) is 85.8 Å². The molecular weight excluding hydrogens is 343 g/mol. The molecule has 0 atom stereocenters. The van der Waals surface area contributed by atoms with E-state index in [4.69, 9.17) is 23.2 Å². The van der Waals surface area contributed by atoms with Crippen LogP contribution in [0.1, 0.15) is 16.8 Å². The van der Waals surface area contributed by atoms with Gasteiger partial charge in [0.25, 0.3) is 5.56 Å². The minimum Gasteiger partial charge on any atom is -0.285 e. The van der Waals surface area contributed by atoms with Gasteiger partial charge in [-0.05, 0) is 42.8 Å². The maximum Gasteiger partial charge on any atom is 0.278 e. The lowest BCUT2D eigenvalue weighted by Gasteiger charge is -2.07. The molecule has 1 heterocycles. The second-order valence-electron chi connectivity index (χ2n) is 5.47. The summed E-state index contributed by atoms with van der Waals surface area (Å²) < 4.78 is 3.50. The molecule has 0 aliphatic rings. The van der Waals surface area contributed by atoms with Gasteiger partial charge in [-0.15, -0.1) is 0 Å². The van der Waals surface area contributed by atoms with Crippen molar-refractivity contribution in [3.8, 4) is 5.69 Å². The summed E-state index contributed by atoms with van der Waals surface area (Å²) in [6, 6.07) is 14.8. The van der Waals surface area contributed by atoms with E-state index in [1.54, 1.807) is 22.9 Å². The second kappa shape index (κ2) is 6.71. The molecule has 0 bridgehead atoms. The summed E-state index contributed by atoms with van der Waals surface area (Å²) in [6.45, 7) is 1.92. The molecule has 3 rings (SSSR count). The topological polar surface area (TPSA) is 26.9 Å². The van der Waals surface area contributed by atoms with Gasteiger partial charge in [-0.2, -0.15) is 0 Å². The number of benzene rings is 2. The molecule has 0 saturated carbocycles. The van der Waals surface area contributed by atoms with Crippen LogP contribution in [-0.2, 0) is 7.05 Å². The van der Waals surface area contributed by atoms with Crippen LogP contribution in [0.2, 0.25) is 10.0 Å². The van der Waals surface area contributed by atoms with Gasteiger partial charge in [0.05, 0.1) is 11.3 Å². The average Bonchev–Trinajstić information content (AvgIpc) is 2.78. The zero-order chi connectivity index (χ0) is 17.3. The lowest BCUT2D eigenvalue weighted by molar-refractivity contribution is 0.630. The zero-order valence-electron chi connectivity index (χ0n) is 13.3. The van der Waals surface area contributed by atoms with E-state index in [2.05, 4.69) is 0 Å². The Labute approximate surface area is 150 Å². The Bertz CT molecular complexity index is 969. The summed E-state index contributed by atoms with van der Waals surface area (Å²) in [5.41, 5.74) is 3.09. The van der Waals surface area contributed by atoms with E-state index < -0.39 is 0 Å². The summed E-state index contributed by atoms with van der Waals surface area (Å²) in [5.74, 6) is 0. The summed E-state index contributed by atoms with van der Waals surface area (Å²) in [7, 11) is 1.87. The Morgan fingerprint density at radius 3 is 2.38 bits per heavy atom. The summed E-state index contributed by atoms with van der Waals surface area (Å²) in [4.78, 5) is 12.8. The molecule has 3 aromatic rings. The monoisotopic (exact) mass is 358 g/mol. The van der Waals surface area contributed by atoms with Gasteiger partial charge in [0.2, 0.25) is 0 Å². The Morgan fingerprint density at radius 1 is 1.00 bits per heavy atom. The van der Waals surface area contributed by atoms with Gasteiger partial charge in [0.1, 0.15) is 0 Å². The van der Waals surface area contributed by atoms with Crippen molar-refractivity contribution in [1.29, 1.82) is 0 Å². The maximum absolute atomic E-state index is 12.8. The lowest BCUT2D eigenvalue weighted by atomic mass is 10.1. The molecule has 0 fully saturated rings. The molecule has 0 aliphatic heterocycles. The van der Waals surface area contributed by atoms with E-state index in [0.717, 1.165) is 16.9 Å². The van der Waals surface area contributed by atoms with Crippen molar-refractivity contribution < 1.29 is 0 Å². The van der Waals surface area contributed by atoms with Gasteiger partial charge in [0, 0.05) is 22.8 Å². The van der Waals surface area contributed by atoms with Crippen molar-refractivity contribution >= 4 is 35.4 Å². The van der Waals surface area contributed by atoms with E-state index >= 15 is 0 Å². The van der Waals surface area contributed by atoms with E-state index in [9.17, 15) is 4.79 Å². The highest BCUT2D eigenvalue weighted by molar-refractivity contribution is 6.35. The molecule has 3 nitrogen and oxygen atoms in total. The number of halogens is 2. The van der Waals surface area contributed by atoms with Gasteiger partial charge in [0.15, 0.2) is 0 Å². The molecule has 0 radical (unpaired) electrons. The van der Waals surface area contributed by atoms with E-state index in [-0.39, 0.29) is 5.56 Å². The van der Waals surface area contributed by atoms with E-state index in [0.29, 0.717) is 15.6 Å². The van der Waals surface area contributed by atoms with Crippen molar-refractivity contribution in [3.63, 3.8) is 0 Å². The molecule has 5 heteroatoms. The summed E-state index contributed by atoms with van der Waals surface area (Å²) >= 11 is 12.1. The molecule has 1 aromatic heterocycles. The van der Waals surface area contributed by atoms with Crippen molar-refractivity contribution in [1.82, 2.24) is 9.36 Å². The van der Waals surface area contributed by atoms with Crippen molar-refractivity contribution in [2.45, 2.75) is 6.92 Å². The van der Waals surface area contributed by atoms with Crippen LogP contribution in [0, 0.1) is 6.92 Å². The predicted octanol–water partition coefficient (Wildman–Crippen LogP) is 4.96. The average molecular weight is 359 g/mol. The highest BCUT2D eigenvalue weighted by Crippen LogP contribution is 2.23. The Kier molecular flexibility index (Phi) is 4.65. The van der Waals surface area contributed by atoms with Gasteiger partial charge in [-0.1, -0.05) is 53.5 Å². The molecule has 122 valence electrons. The van der Waals surface area contributed by atoms with Crippen molar-refractivity contribution in [2.75, 3.05) is 0 Å². The standard InChI is InChI=1S/C19H16Cl2N2O/c1-13-17(11-9-14-8-10-15(20)12-18(14)21)19(24)23(22(13)2)16-6-4-3-5-7-16/h3-12H,1-2H3/b11-9+. The van der Waals surface area contributed by atoms with Crippen LogP contribution in [0.3, 0.4) is 0 Å². The van der Waals surface area contributed by atoms with Crippen LogP contribution < -0.4 is 5.56 Å². The van der Waals surface area contributed by atoms with Crippen LogP contribution >= 0.6 is 23.2 Å². The van der Waals surface area contributed by atoms with Crippen LogP contribution in [0.25, 0.3) is 17.8 Å². The van der Waals surface area contributed by atoms with Crippen LogP contribution in [-0.4, -0.2) is 9.36 Å². The fourth-order valence-corrected chi connectivity index (χ4v) is 3.06. The smallest absolute Gasteiger partial charge is 0.278 e. The Morgan fingerprint density at radius 2 is 1.71 bits per heavy atom.